The number of aliphatic imine (C=N–C) groups is 1. The summed E-state index contributed by atoms with van der Waals surface area (Å²) in [5.41, 5.74) is 9.20. The summed E-state index contributed by atoms with van der Waals surface area (Å²) in [7, 11) is 0. The normalized spacial score (nSPS) is 17.9. The molecule has 1 aliphatic rings. The highest BCUT2D eigenvalue weighted by atomic mass is 19.1. The lowest BCUT2D eigenvalue weighted by molar-refractivity contribution is 0.338. The van der Waals surface area contributed by atoms with Crippen LogP contribution in [0.4, 0.5) is 4.39 Å². The maximum Gasteiger partial charge on any atom is 0.192 e. The molecule has 4 heteroatoms. The fourth-order valence-corrected chi connectivity index (χ4v) is 2.74. The Bertz CT molecular complexity index is 667. The smallest absolute Gasteiger partial charge is 0.192 e. The Hall–Kier alpha value is -2.36. The van der Waals surface area contributed by atoms with E-state index in [4.69, 9.17) is 5.73 Å². The molecule has 1 heterocycles. The number of benzene rings is 2. The SMILES string of the molecule is Cc1ccc(F)cc1C1CN=C(N)N1Cc1ccccc1. The molecule has 0 aliphatic carbocycles. The van der Waals surface area contributed by atoms with Crippen molar-refractivity contribution in [1.29, 1.82) is 0 Å². The molecule has 2 aromatic rings. The average molecular weight is 283 g/mol. The Kier molecular flexibility index (Phi) is 3.60. The van der Waals surface area contributed by atoms with Gasteiger partial charge in [0.25, 0.3) is 0 Å². The van der Waals surface area contributed by atoms with E-state index in [1.54, 1.807) is 12.1 Å². The molecular weight excluding hydrogens is 265 g/mol. The van der Waals surface area contributed by atoms with Crippen LogP contribution in [0.2, 0.25) is 0 Å². The fraction of sp³-hybridized carbons (Fsp3) is 0.235. The Balaban J connectivity index is 1.90. The highest BCUT2D eigenvalue weighted by molar-refractivity contribution is 5.80. The molecule has 1 unspecified atom stereocenters. The molecule has 2 N–H and O–H groups in total. The van der Waals surface area contributed by atoms with Crippen LogP contribution in [0, 0.1) is 12.7 Å². The summed E-state index contributed by atoms with van der Waals surface area (Å²) in [5, 5.41) is 0. The van der Waals surface area contributed by atoms with Gasteiger partial charge in [-0.3, -0.25) is 4.99 Å². The van der Waals surface area contributed by atoms with Gasteiger partial charge in [-0.05, 0) is 35.7 Å². The van der Waals surface area contributed by atoms with Crippen molar-refractivity contribution in [2.24, 2.45) is 10.7 Å². The number of nitrogens with two attached hydrogens (primary N) is 1. The van der Waals surface area contributed by atoms with Gasteiger partial charge < -0.3 is 10.6 Å². The first-order valence-corrected chi connectivity index (χ1v) is 7.01. The van der Waals surface area contributed by atoms with E-state index in [1.807, 2.05) is 30.0 Å². The van der Waals surface area contributed by atoms with Gasteiger partial charge in [0, 0.05) is 6.54 Å². The predicted octanol–water partition coefficient (Wildman–Crippen LogP) is 3.01. The van der Waals surface area contributed by atoms with Crippen molar-refractivity contribution in [2.45, 2.75) is 19.5 Å². The van der Waals surface area contributed by atoms with Gasteiger partial charge in [0.15, 0.2) is 5.96 Å². The predicted molar refractivity (Wildman–Crippen MR) is 82.4 cm³/mol. The molecule has 0 bridgehead atoms. The third-order valence-electron chi connectivity index (χ3n) is 3.89. The number of hydrogen-bond acceptors (Lipinski definition) is 3. The second kappa shape index (κ2) is 5.56. The first-order chi connectivity index (χ1) is 10.1. The maximum atomic E-state index is 13.6. The fourth-order valence-electron chi connectivity index (χ4n) is 2.74. The lowest BCUT2D eigenvalue weighted by Crippen LogP contribution is -2.35. The van der Waals surface area contributed by atoms with E-state index in [9.17, 15) is 4.39 Å². The van der Waals surface area contributed by atoms with Crippen LogP contribution < -0.4 is 5.73 Å². The van der Waals surface area contributed by atoms with Crippen LogP contribution in [0.5, 0.6) is 0 Å². The average Bonchev–Trinajstić information content (AvgIpc) is 2.84. The molecule has 3 nitrogen and oxygen atoms in total. The van der Waals surface area contributed by atoms with Crippen molar-refractivity contribution in [3.05, 3.63) is 71.0 Å². The summed E-state index contributed by atoms with van der Waals surface area (Å²) >= 11 is 0. The number of hydrogen-bond donors (Lipinski definition) is 1. The minimum Gasteiger partial charge on any atom is -0.370 e. The van der Waals surface area contributed by atoms with Crippen molar-refractivity contribution in [3.63, 3.8) is 0 Å². The number of rotatable bonds is 3. The standard InChI is InChI=1S/C17H18FN3/c1-12-7-8-14(18)9-15(12)16-10-20-17(19)21(16)11-13-5-3-2-4-6-13/h2-9,16H,10-11H2,1H3,(H2,19,20). The third-order valence-corrected chi connectivity index (χ3v) is 3.89. The molecule has 108 valence electrons. The topological polar surface area (TPSA) is 41.6 Å². The van der Waals surface area contributed by atoms with Gasteiger partial charge >= 0.3 is 0 Å². The lowest BCUT2D eigenvalue weighted by Gasteiger charge is -2.27. The molecule has 0 fully saturated rings. The van der Waals surface area contributed by atoms with Crippen LogP contribution in [0.1, 0.15) is 22.7 Å². The first-order valence-electron chi connectivity index (χ1n) is 7.01. The van der Waals surface area contributed by atoms with E-state index in [0.717, 1.165) is 16.7 Å². The quantitative estimate of drug-likeness (QED) is 0.941. The van der Waals surface area contributed by atoms with Crippen molar-refractivity contribution >= 4 is 5.96 Å². The highest BCUT2D eigenvalue weighted by Crippen LogP contribution is 2.29. The molecule has 3 rings (SSSR count). The molecule has 0 saturated carbocycles. The summed E-state index contributed by atoms with van der Waals surface area (Å²) < 4.78 is 13.6. The van der Waals surface area contributed by atoms with E-state index >= 15 is 0 Å². The van der Waals surface area contributed by atoms with Crippen LogP contribution >= 0.6 is 0 Å². The van der Waals surface area contributed by atoms with E-state index < -0.39 is 0 Å². The van der Waals surface area contributed by atoms with Gasteiger partial charge in [-0.1, -0.05) is 36.4 Å². The Morgan fingerprint density at radius 2 is 2.00 bits per heavy atom. The lowest BCUT2D eigenvalue weighted by atomic mass is 10.00. The van der Waals surface area contributed by atoms with E-state index in [-0.39, 0.29) is 11.9 Å². The molecule has 1 atom stereocenters. The van der Waals surface area contributed by atoms with E-state index in [2.05, 4.69) is 17.1 Å². The van der Waals surface area contributed by atoms with Gasteiger partial charge in [-0.25, -0.2) is 4.39 Å². The number of aryl methyl sites for hydroxylation is 1. The van der Waals surface area contributed by atoms with Crippen LogP contribution in [0.25, 0.3) is 0 Å². The summed E-state index contributed by atoms with van der Waals surface area (Å²) in [4.78, 5) is 6.38. The van der Waals surface area contributed by atoms with Gasteiger partial charge in [-0.2, -0.15) is 0 Å². The maximum absolute atomic E-state index is 13.6. The summed E-state index contributed by atoms with van der Waals surface area (Å²) in [5.74, 6) is 0.299. The van der Waals surface area contributed by atoms with Crippen molar-refractivity contribution in [2.75, 3.05) is 6.54 Å². The molecule has 2 aromatic carbocycles. The zero-order valence-corrected chi connectivity index (χ0v) is 12.0. The largest absolute Gasteiger partial charge is 0.370 e. The van der Waals surface area contributed by atoms with Crippen LogP contribution in [0.15, 0.2) is 53.5 Å². The van der Waals surface area contributed by atoms with Crippen molar-refractivity contribution in [1.82, 2.24) is 4.90 Å². The third kappa shape index (κ3) is 2.75. The Morgan fingerprint density at radius 1 is 1.24 bits per heavy atom. The molecule has 21 heavy (non-hydrogen) atoms. The Labute approximate surface area is 123 Å². The van der Waals surface area contributed by atoms with Gasteiger partial charge in [0.1, 0.15) is 5.82 Å². The second-order valence-electron chi connectivity index (χ2n) is 5.33. The molecule has 0 aromatic heterocycles. The van der Waals surface area contributed by atoms with Gasteiger partial charge in [0.2, 0.25) is 0 Å². The molecule has 1 aliphatic heterocycles. The number of guanidine groups is 1. The molecular formula is C17H18FN3. The van der Waals surface area contributed by atoms with Gasteiger partial charge in [-0.15, -0.1) is 0 Å². The summed E-state index contributed by atoms with van der Waals surface area (Å²) in [6.07, 6.45) is 0. The van der Waals surface area contributed by atoms with Gasteiger partial charge in [0.05, 0.1) is 12.6 Å². The molecule has 0 radical (unpaired) electrons. The van der Waals surface area contributed by atoms with E-state index in [1.165, 1.54) is 6.07 Å². The van der Waals surface area contributed by atoms with Crippen LogP contribution in [0.3, 0.4) is 0 Å². The van der Waals surface area contributed by atoms with Crippen LogP contribution in [-0.2, 0) is 6.54 Å². The zero-order valence-electron chi connectivity index (χ0n) is 12.0. The van der Waals surface area contributed by atoms with Crippen molar-refractivity contribution < 1.29 is 4.39 Å². The minimum atomic E-state index is -0.222. The molecule has 0 saturated heterocycles. The zero-order chi connectivity index (χ0) is 14.8. The second-order valence-corrected chi connectivity index (χ2v) is 5.33. The monoisotopic (exact) mass is 283 g/mol. The molecule has 0 spiro atoms. The first kappa shape index (κ1) is 13.6. The number of nitrogens with zero attached hydrogens (tertiary/aromatic N) is 2. The highest BCUT2D eigenvalue weighted by Gasteiger charge is 2.28. The summed E-state index contributed by atoms with van der Waals surface area (Å²) in [6.45, 7) is 3.24. The van der Waals surface area contributed by atoms with Crippen LogP contribution in [-0.4, -0.2) is 17.4 Å². The number of halogens is 1. The minimum absolute atomic E-state index is 0.000839. The molecule has 0 amide bonds. The van der Waals surface area contributed by atoms with Crippen molar-refractivity contribution in [3.8, 4) is 0 Å². The van der Waals surface area contributed by atoms with E-state index in [0.29, 0.717) is 19.0 Å². The Morgan fingerprint density at radius 3 is 2.76 bits per heavy atom. The summed E-state index contributed by atoms with van der Waals surface area (Å²) in [6, 6.07) is 15.0.